The van der Waals surface area contributed by atoms with Gasteiger partial charge in [0.1, 0.15) is 5.52 Å². The van der Waals surface area contributed by atoms with Crippen LogP contribution in [0, 0.1) is 12.8 Å². The molecule has 4 rings (SSSR count). The lowest BCUT2D eigenvalue weighted by atomic mass is 10.3. The summed E-state index contributed by atoms with van der Waals surface area (Å²) in [7, 11) is 0. The highest BCUT2D eigenvalue weighted by atomic mass is 16.3. The molecule has 0 atom stereocenters. The first-order chi connectivity index (χ1) is 12.1. The number of amides is 3. The maximum atomic E-state index is 12.6. The normalized spacial score (nSPS) is 18.3. The topological polar surface area (TPSA) is 78.7 Å². The largest absolute Gasteiger partial charge is 0.441 e. The zero-order chi connectivity index (χ0) is 17.4. The Morgan fingerprint density at radius 3 is 2.72 bits per heavy atom. The molecule has 1 aromatic carbocycles. The van der Waals surface area contributed by atoms with Crippen LogP contribution in [-0.4, -0.2) is 52.9 Å². The van der Waals surface area contributed by atoms with Crippen molar-refractivity contribution in [3.05, 3.63) is 24.1 Å². The molecule has 7 heteroatoms. The van der Waals surface area contributed by atoms with Gasteiger partial charge in [0.05, 0.1) is 0 Å². The van der Waals surface area contributed by atoms with Crippen molar-refractivity contribution in [2.24, 2.45) is 5.92 Å². The second kappa shape index (κ2) is 6.38. The number of nitrogens with zero attached hydrogens (tertiary/aromatic N) is 3. The summed E-state index contributed by atoms with van der Waals surface area (Å²) in [6, 6.07) is 5.29. The average molecular weight is 342 g/mol. The van der Waals surface area contributed by atoms with Gasteiger partial charge in [-0.2, -0.15) is 0 Å². The molecule has 2 heterocycles. The van der Waals surface area contributed by atoms with E-state index >= 15 is 0 Å². The summed E-state index contributed by atoms with van der Waals surface area (Å²) in [6.45, 7) is 4.37. The van der Waals surface area contributed by atoms with E-state index in [4.69, 9.17) is 4.42 Å². The first kappa shape index (κ1) is 15.9. The Morgan fingerprint density at radius 1 is 1.16 bits per heavy atom. The predicted octanol–water partition coefficient (Wildman–Crippen LogP) is 2.61. The summed E-state index contributed by atoms with van der Waals surface area (Å²) >= 11 is 0. The highest BCUT2D eigenvalue weighted by Crippen LogP contribution is 2.31. The molecule has 3 amide bonds. The third kappa shape index (κ3) is 3.45. The van der Waals surface area contributed by atoms with Crippen LogP contribution < -0.4 is 5.32 Å². The second-order valence-electron chi connectivity index (χ2n) is 6.79. The second-order valence-corrected chi connectivity index (χ2v) is 6.79. The number of oxazole rings is 1. The highest BCUT2D eigenvalue weighted by Gasteiger charge is 2.34. The van der Waals surface area contributed by atoms with Gasteiger partial charge in [0, 0.05) is 44.7 Å². The van der Waals surface area contributed by atoms with Gasteiger partial charge < -0.3 is 19.5 Å². The van der Waals surface area contributed by atoms with Gasteiger partial charge in [0.2, 0.25) is 5.91 Å². The van der Waals surface area contributed by atoms with Crippen molar-refractivity contribution in [2.45, 2.75) is 26.2 Å². The third-order valence-electron chi connectivity index (χ3n) is 4.77. The monoisotopic (exact) mass is 342 g/mol. The van der Waals surface area contributed by atoms with Gasteiger partial charge in [0.15, 0.2) is 11.5 Å². The van der Waals surface area contributed by atoms with E-state index in [0.717, 1.165) is 31.3 Å². The minimum atomic E-state index is -0.139. The predicted molar refractivity (Wildman–Crippen MR) is 93.3 cm³/mol. The summed E-state index contributed by atoms with van der Waals surface area (Å²) in [5, 5.41) is 2.92. The van der Waals surface area contributed by atoms with Crippen molar-refractivity contribution in [2.75, 3.05) is 31.5 Å². The number of fused-ring (bicyclic) bond motifs is 1. The Morgan fingerprint density at radius 2 is 1.92 bits per heavy atom. The molecule has 0 spiro atoms. The van der Waals surface area contributed by atoms with Gasteiger partial charge in [-0.05, 0) is 37.5 Å². The highest BCUT2D eigenvalue weighted by molar-refractivity contribution is 5.91. The van der Waals surface area contributed by atoms with Gasteiger partial charge in [-0.25, -0.2) is 9.78 Å². The summed E-state index contributed by atoms with van der Waals surface area (Å²) < 4.78 is 5.45. The van der Waals surface area contributed by atoms with Crippen molar-refractivity contribution in [3.63, 3.8) is 0 Å². The smallest absolute Gasteiger partial charge is 0.321 e. The van der Waals surface area contributed by atoms with Crippen LogP contribution in [0.4, 0.5) is 10.5 Å². The standard InChI is InChI=1S/C18H22N4O3/c1-12-19-15-11-14(5-6-16(15)25-12)20-18(24)22-8-2-7-21(9-10-22)17(23)13-3-4-13/h5-6,11,13H,2-4,7-10H2,1H3,(H,20,24). The number of hydrogen-bond acceptors (Lipinski definition) is 4. The third-order valence-corrected chi connectivity index (χ3v) is 4.77. The number of aryl methyl sites for hydroxylation is 1. The van der Waals surface area contributed by atoms with Gasteiger partial charge in [-0.15, -0.1) is 0 Å². The van der Waals surface area contributed by atoms with Crippen molar-refractivity contribution in [3.8, 4) is 0 Å². The number of nitrogens with one attached hydrogen (secondary N) is 1. The molecule has 0 unspecified atom stereocenters. The molecule has 1 N–H and O–H groups in total. The Labute approximate surface area is 146 Å². The first-order valence-electron chi connectivity index (χ1n) is 8.82. The fourth-order valence-electron chi connectivity index (χ4n) is 3.25. The fraction of sp³-hybridized carbons (Fsp3) is 0.500. The molecular formula is C18H22N4O3. The van der Waals surface area contributed by atoms with Crippen LogP contribution >= 0.6 is 0 Å². The SMILES string of the molecule is Cc1nc2cc(NC(=O)N3CCCN(C(=O)C4CC4)CC3)ccc2o1. The van der Waals surface area contributed by atoms with E-state index in [9.17, 15) is 9.59 Å². The quantitative estimate of drug-likeness (QED) is 0.910. The molecule has 2 aliphatic rings. The first-order valence-corrected chi connectivity index (χ1v) is 8.82. The van der Waals surface area contributed by atoms with Crippen LogP contribution in [0.5, 0.6) is 0 Å². The van der Waals surface area contributed by atoms with E-state index in [1.54, 1.807) is 11.8 Å². The van der Waals surface area contributed by atoms with Crippen molar-refractivity contribution in [1.82, 2.24) is 14.8 Å². The van der Waals surface area contributed by atoms with Gasteiger partial charge in [0.25, 0.3) is 0 Å². The molecule has 1 aromatic heterocycles. The Bertz CT molecular complexity index is 812. The average Bonchev–Trinajstić information content (AvgIpc) is 3.39. The minimum Gasteiger partial charge on any atom is -0.441 e. The molecule has 0 radical (unpaired) electrons. The van der Waals surface area contributed by atoms with Crippen LogP contribution in [0.15, 0.2) is 22.6 Å². The van der Waals surface area contributed by atoms with E-state index in [1.807, 2.05) is 23.1 Å². The van der Waals surface area contributed by atoms with Crippen LogP contribution in [0.2, 0.25) is 0 Å². The summed E-state index contributed by atoms with van der Waals surface area (Å²) in [6.07, 6.45) is 2.85. The van der Waals surface area contributed by atoms with Gasteiger partial charge in [-0.1, -0.05) is 0 Å². The van der Waals surface area contributed by atoms with Crippen LogP contribution in [0.25, 0.3) is 11.1 Å². The molecule has 132 valence electrons. The zero-order valence-electron chi connectivity index (χ0n) is 14.3. The molecule has 0 bridgehead atoms. The Kier molecular flexibility index (Phi) is 4.07. The number of anilines is 1. The molecular weight excluding hydrogens is 320 g/mol. The molecule has 1 aliphatic carbocycles. The molecule has 2 fully saturated rings. The number of rotatable bonds is 2. The van der Waals surface area contributed by atoms with Crippen molar-refractivity contribution in [1.29, 1.82) is 0 Å². The lowest BCUT2D eigenvalue weighted by molar-refractivity contribution is -0.132. The maximum absolute atomic E-state index is 12.6. The van der Waals surface area contributed by atoms with Gasteiger partial charge in [-0.3, -0.25) is 4.79 Å². The molecule has 25 heavy (non-hydrogen) atoms. The molecule has 2 aromatic rings. The van der Waals surface area contributed by atoms with E-state index in [1.165, 1.54) is 0 Å². The number of aromatic nitrogens is 1. The number of hydrogen-bond donors (Lipinski definition) is 1. The van der Waals surface area contributed by atoms with E-state index < -0.39 is 0 Å². The lowest BCUT2D eigenvalue weighted by Gasteiger charge is -2.22. The number of carbonyl (C=O) groups excluding carboxylic acids is 2. The number of carbonyl (C=O) groups is 2. The molecule has 7 nitrogen and oxygen atoms in total. The zero-order valence-corrected chi connectivity index (χ0v) is 14.3. The number of benzene rings is 1. The summed E-state index contributed by atoms with van der Waals surface area (Å²) in [5.41, 5.74) is 2.13. The van der Waals surface area contributed by atoms with Crippen molar-refractivity contribution < 1.29 is 14.0 Å². The maximum Gasteiger partial charge on any atom is 0.321 e. The molecule has 1 saturated heterocycles. The molecule has 1 saturated carbocycles. The van der Waals surface area contributed by atoms with Crippen LogP contribution in [0.3, 0.4) is 0 Å². The summed E-state index contributed by atoms with van der Waals surface area (Å²) in [4.78, 5) is 32.7. The minimum absolute atomic E-state index is 0.139. The van der Waals surface area contributed by atoms with Gasteiger partial charge >= 0.3 is 6.03 Å². The molecule has 1 aliphatic heterocycles. The van der Waals surface area contributed by atoms with Crippen LogP contribution in [-0.2, 0) is 4.79 Å². The van der Waals surface area contributed by atoms with Crippen LogP contribution in [0.1, 0.15) is 25.2 Å². The van der Waals surface area contributed by atoms with E-state index in [2.05, 4.69) is 10.3 Å². The number of urea groups is 1. The van der Waals surface area contributed by atoms with Crippen molar-refractivity contribution >= 4 is 28.7 Å². The van der Waals surface area contributed by atoms with E-state index in [-0.39, 0.29) is 17.9 Å². The Balaban J connectivity index is 1.38. The van der Waals surface area contributed by atoms with E-state index in [0.29, 0.717) is 36.8 Å². The Hall–Kier alpha value is -2.57. The fourth-order valence-corrected chi connectivity index (χ4v) is 3.25. The summed E-state index contributed by atoms with van der Waals surface area (Å²) in [5.74, 6) is 1.10. The lowest BCUT2D eigenvalue weighted by Crippen LogP contribution is -2.39.